The quantitative estimate of drug-likeness (QED) is 0.0766. The highest BCUT2D eigenvalue weighted by Crippen LogP contribution is 2.66. The number of amides is 1. The number of aliphatic hydroxyl groups is 1. The number of carbonyl (C=O) groups excluding carboxylic acids is 3. The van der Waals surface area contributed by atoms with Crippen LogP contribution in [-0.2, 0) is 55.4 Å². The van der Waals surface area contributed by atoms with Gasteiger partial charge in [-0.3, -0.25) is 18.7 Å². The lowest BCUT2D eigenvalue weighted by molar-refractivity contribution is -0.165. The van der Waals surface area contributed by atoms with Crippen LogP contribution in [0, 0.1) is 11.8 Å². The number of esters is 2. The normalized spacial score (nSPS) is 21.0. The van der Waals surface area contributed by atoms with E-state index < -0.39 is 95.7 Å². The molecule has 1 aromatic heterocycles. The van der Waals surface area contributed by atoms with Crippen molar-refractivity contribution in [2.45, 2.75) is 103 Å². The summed E-state index contributed by atoms with van der Waals surface area (Å²) in [6.07, 6.45) is -4.09. The lowest BCUT2D eigenvalue weighted by Gasteiger charge is -2.25. The van der Waals surface area contributed by atoms with Crippen LogP contribution >= 0.6 is 23.5 Å². The Balaban J connectivity index is 2.08. The summed E-state index contributed by atoms with van der Waals surface area (Å²) < 4.78 is 62.9. The maximum Gasteiger partial charge on any atom is 0.490 e. The van der Waals surface area contributed by atoms with E-state index in [1.54, 1.807) is 41.5 Å². The number of hydrogen-bond donors (Lipinski definition) is 7. The van der Waals surface area contributed by atoms with E-state index in [-0.39, 0.29) is 30.6 Å². The van der Waals surface area contributed by atoms with Crippen LogP contribution in [0.25, 0.3) is 0 Å². The fourth-order valence-electron chi connectivity index (χ4n) is 4.01. The molecule has 0 aromatic carbocycles. The van der Waals surface area contributed by atoms with Crippen LogP contribution in [0.3, 0.4) is 0 Å². The fourth-order valence-corrected chi connectivity index (χ4v) is 7.04. The number of nitrogens with two attached hydrogens (primary N) is 1. The van der Waals surface area contributed by atoms with Gasteiger partial charge in [0.2, 0.25) is 5.91 Å². The molecule has 25 heteroatoms. The average Bonchev–Trinajstić information content (AvgIpc) is 3.26. The lowest BCUT2D eigenvalue weighted by Crippen LogP contribution is -2.46. The molecule has 4 unspecified atom stereocenters. The van der Waals surface area contributed by atoms with Crippen LogP contribution in [0.1, 0.15) is 79.0 Å². The molecule has 0 spiro atoms. The molecule has 1 fully saturated rings. The predicted molar refractivity (Wildman–Crippen MR) is 172 cm³/mol. The molecular weight excluding hydrogens is 749 g/mol. The topological polar surface area (TPSA) is 332 Å². The van der Waals surface area contributed by atoms with E-state index >= 15 is 0 Å². The van der Waals surface area contributed by atoms with Gasteiger partial charge in [0, 0.05) is 25.5 Å². The van der Waals surface area contributed by atoms with Crippen LogP contribution in [0.15, 0.2) is 11.0 Å². The van der Waals surface area contributed by atoms with Crippen molar-refractivity contribution >= 4 is 47.1 Å². The summed E-state index contributed by atoms with van der Waals surface area (Å²) in [6, 6.07) is -1.34. The van der Waals surface area contributed by atoms with Gasteiger partial charge in [-0.05, 0) is 41.5 Å². The first-order valence-corrected chi connectivity index (χ1v) is 19.3. The lowest BCUT2D eigenvalue weighted by atomic mass is 10.1. The molecule has 51 heavy (non-hydrogen) atoms. The maximum atomic E-state index is 12.7. The summed E-state index contributed by atoms with van der Waals surface area (Å²) >= 11 is 0. The van der Waals surface area contributed by atoms with E-state index in [1.807, 2.05) is 0 Å². The van der Waals surface area contributed by atoms with Gasteiger partial charge in [-0.2, -0.15) is 13.6 Å². The monoisotopic (exact) mass is 790 g/mol. The van der Waals surface area contributed by atoms with Gasteiger partial charge in [-0.15, -0.1) is 0 Å². The van der Waals surface area contributed by atoms with Crippen molar-refractivity contribution < 1.29 is 80.1 Å². The van der Waals surface area contributed by atoms with Crippen molar-refractivity contribution in [2.24, 2.45) is 0 Å². The molecule has 8 N–H and O–H groups in total. The second-order valence-corrected chi connectivity index (χ2v) is 17.2. The third-order valence-corrected chi connectivity index (χ3v) is 9.63. The van der Waals surface area contributed by atoms with Crippen LogP contribution in [0.2, 0.25) is 0 Å². The predicted octanol–water partition coefficient (Wildman–Crippen LogP) is 0.507. The fraction of sp³-hybridized carbons (Fsp3) is 0.654. The molecule has 1 amide bonds. The Hall–Kier alpha value is -3.02. The SMILES string of the molecule is CC(C)(C)OC(=O)CC(NC(=O)CCC#Cc1cn([C@H]2CC(O)[C@@H](COP(=O)(O)OP(=O)(O)OP(=O)(O)O)O2)c(=O)nc1N)C(=O)OC(C)(C)C. The summed E-state index contributed by atoms with van der Waals surface area (Å²) in [5, 5.41) is 12.8. The van der Waals surface area contributed by atoms with Gasteiger partial charge in [0.05, 0.1) is 24.7 Å². The van der Waals surface area contributed by atoms with Crippen molar-refractivity contribution in [2.75, 3.05) is 12.3 Å². The number of nitrogens with one attached hydrogen (secondary N) is 1. The van der Waals surface area contributed by atoms with E-state index in [4.69, 9.17) is 29.7 Å². The Morgan fingerprint density at radius 1 is 1.06 bits per heavy atom. The summed E-state index contributed by atoms with van der Waals surface area (Å²) in [5.41, 5.74) is 3.15. The summed E-state index contributed by atoms with van der Waals surface area (Å²) in [5.74, 6) is 2.80. The third-order valence-electron chi connectivity index (χ3n) is 5.83. The zero-order valence-corrected chi connectivity index (χ0v) is 31.0. The smallest absolute Gasteiger partial charge is 0.460 e. The standard InChI is InChI=1S/C26H41N4O18P3/c1-25(2,3)45-21(33)11-16(23(34)46-26(4,5)6)28-19(32)10-8-7-9-15-13-30(24(35)29-22(15)27)20-12-17(31)18(44-20)14-43-50(39,40)48-51(41,42)47-49(36,37)38/h13,16-18,20,31H,8,10-12,14H2,1-6H3,(H,28,32)(H,39,40)(H,41,42)(H2,27,29,35)(H2,36,37,38)/t16?,17?,18-,20-/m1/s1. The van der Waals surface area contributed by atoms with Crippen molar-refractivity contribution in [3.63, 3.8) is 0 Å². The molecule has 288 valence electrons. The first-order valence-electron chi connectivity index (χ1n) is 14.8. The first kappa shape index (κ1) is 44.1. The second-order valence-electron chi connectivity index (χ2n) is 12.8. The van der Waals surface area contributed by atoms with E-state index in [9.17, 15) is 47.8 Å². The van der Waals surface area contributed by atoms with E-state index in [0.29, 0.717) is 0 Å². The highest BCUT2D eigenvalue weighted by atomic mass is 31.3. The number of ether oxygens (including phenoxy) is 3. The number of aliphatic hydroxyl groups excluding tert-OH is 1. The molecule has 0 radical (unpaired) electrons. The highest BCUT2D eigenvalue weighted by molar-refractivity contribution is 7.66. The van der Waals surface area contributed by atoms with E-state index in [1.165, 1.54) is 0 Å². The Kier molecular flexibility index (Phi) is 14.9. The molecule has 22 nitrogen and oxygen atoms in total. The molecular formula is C26H41N4O18P3. The molecule has 1 saturated heterocycles. The van der Waals surface area contributed by atoms with Crippen molar-refractivity contribution in [1.29, 1.82) is 0 Å². The van der Waals surface area contributed by atoms with Gasteiger partial charge in [-0.25, -0.2) is 23.3 Å². The Morgan fingerprint density at radius 3 is 2.24 bits per heavy atom. The third kappa shape index (κ3) is 16.5. The Bertz CT molecular complexity index is 1720. The maximum absolute atomic E-state index is 12.7. The van der Waals surface area contributed by atoms with Gasteiger partial charge in [0.25, 0.3) is 0 Å². The minimum absolute atomic E-state index is 0.00127. The van der Waals surface area contributed by atoms with Crippen LogP contribution < -0.4 is 16.7 Å². The van der Waals surface area contributed by atoms with Gasteiger partial charge in [0.15, 0.2) is 0 Å². The zero-order chi connectivity index (χ0) is 39.2. The van der Waals surface area contributed by atoms with Gasteiger partial charge >= 0.3 is 41.1 Å². The van der Waals surface area contributed by atoms with Gasteiger partial charge in [0.1, 0.15) is 35.4 Å². The van der Waals surface area contributed by atoms with E-state index in [2.05, 4.69) is 35.3 Å². The number of anilines is 1. The largest absolute Gasteiger partial charge is 0.490 e. The molecule has 0 bridgehead atoms. The minimum atomic E-state index is -5.78. The first-order chi connectivity index (χ1) is 23.0. The minimum Gasteiger partial charge on any atom is -0.460 e. The Labute approximate surface area is 291 Å². The number of nitrogen functional groups attached to an aromatic ring is 1. The number of hydrogen-bond acceptors (Lipinski definition) is 16. The zero-order valence-electron chi connectivity index (χ0n) is 28.3. The van der Waals surface area contributed by atoms with Gasteiger partial charge < -0.3 is 49.9 Å². The Morgan fingerprint density at radius 2 is 1.67 bits per heavy atom. The number of rotatable bonds is 14. The summed E-state index contributed by atoms with van der Waals surface area (Å²) in [4.78, 5) is 90.1. The average molecular weight is 791 g/mol. The van der Waals surface area contributed by atoms with Crippen LogP contribution in [-0.4, -0.2) is 88.1 Å². The molecule has 6 atom stereocenters. The molecule has 1 aliphatic heterocycles. The highest BCUT2D eigenvalue weighted by Gasteiger charge is 2.43. The van der Waals surface area contributed by atoms with Crippen LogP contribution in [0.5, 0.6) is 0 Å². The number of aromatic nitrogens is 2. The van der Waals surface area contributed by atoms with Crippen LogP contribution in [0.4, 0.5) is 5.82 Å². The molecule has 0 saturated carbocycles. The van der Waals surface area contributed by atoms with Crippen molar-refractivity contribution in [3.8, 4) is 11.8 Å². The summed E-state index contributed by atoms with van der Waals surface area (Å²) in [6.45, 7) is 8.82. The molecule has 0 aliphatic carbocycles. The molecule has 2 rings (SSSR count). The van der Waals surface area contributed by atoms with Crippen molar-refractivity contribution in [3.05, 3.63) is 22.2 Å². The molecule has 1 aromatic rings. The number of phosphoric ester groups is 1. The van der Waals surface area contributed by atoms with E-state index in [0.717, 1.165) is 10.8 Å². The second kappa shape index (κ2) is 17.2. The van der Waals surface area contributed by atoms with Gasteiger partial charge in [-0.1, -0.05) is 11.8 Å². The molecule has 2 heterocycles. The summed E-state index contributed by atoms with van der Waals surface area (Å²) in [7, 11) is -16.9. The number of phosphoric acid groups is 3. The van der Waals surface area contributed by atoms with Crippen molar-refractivity contribution in [1.82, 2.24) is 14.9 Å². The number of carbonyl (C=O) groups is 3. The number of nitrogens with zero attached hydrogens (tertiary/aromatic N) is 2. The molecule has 1 aliphatic rings.